The van der Waals surface area contributed by atoms with Crippen LogP contribution in [0, 0.1) is 11.3 Å². The first kappa shape index (κ1) is 17.9. The van der Waals surface area contributed by atoms with Crippen molar-refractivity contribution in [3.05, 3.63) is 33.2 Å². The van der Waals surface area contributed by atoms with E-state index < -0.39 is 5.56 Å². The molecule has 136 valence electrons. The van der Waals surface area contributed by atoms with Crippen LogP contribution in [0.3, 0.4) is 0 Å². The first-order chi connectivity index (χ1) is 11.8. The largest absolute Gasteiger partial charge is 0.349 e. The zero-order valence-electron chi connectivity index (χ0n) is 15.4. The number of nitrogens with one attached hydrogen (secondary N) is 2. The average molecular weight is 344 g/mol. The van der Waals surface area contributed by atoms with Crippen LogP contribution in [0.25, 0.3) is 0 Å². The lowest BCUT2D eigenvalue weighted by Crippen LogP contribution is -2.47. The van der Waals surface area contributed by atoms with Gasteiger partial charge in [0.05, 0.1) is 0 Å². The predicted molar refractivity (Wildman–Crippen MR) is 97.0 cm³/mol. The quantitative estimate of drug-likeness (QED) is 0.864. The van der Waals surface area contributed by atoms with E-state index in [0.717, 1.165) is 25.7 Å². The fourth-order valence-electron chi connectivity index (χ4n) is 4.33. The highest BCUT2D eigenvalue weighted by molar-refractivity contribution is 6.01. The van der Waals surface area contributed by atoms with Crippen LogP contribution >= 0.6 is 0 Å². The van der Waals surface area contributed by atoms with Gasteiger partial charge in [0.1, 0.15) is 5.56 Å². The summed E-state index contributed by atoms with van der Waals surface area (Å²) in [6, 6.07) is 1.58. The lowest BCUT2D eigenvalue weighted by molar-refractivity contribution is 0.0828. The Hall–Kier alpha value is -1.91. The van der Waals surface area contributed by atoms with E-state index in [1.807, 2.05) is 0 Å². The molecule has 0 unspecified atom stereocenters. The maximum atomic E-state index is 12.8. The average Bonchev–Trinajstić information content (AvgIpc) is 2.54. The van der Waals surface area contributed by atoms with Gasteiger partial charge in [-0.15, -0.1) is 0 Å². The number of carbonyl (C=O) groups is 2. The number of hydrogen-bond donors (Lipinski definition) is 2. The number of pyridine rings is 1. The summed E-state index contributed by atoms with van der Waals surface area (Å²) in [5.41, 5.74) is 0.952. The van der Waals surface area contributed by atoms with Gasteiger partial charge in [-0.1, -0.05) is 33.6 Å². The second kappa shape index (κ2) is 6.77. The molecule has 0 spiro atoms. The maximum Gasteiger partial charge on any atom is 0.261 e. The van der Waals surface area contributed by atoms with Gasteiger partial charge in [-0.2, -0.15) is 0 Å². The van der Waals surface area contributed by atoms with E-state index in [1.165, 1.54) is 12.5 Å². The third kappa shape index (κ3) is 3.70. The number of fused-ring (bicyclic) bond motifs is 1. The molecule has 0 radical (unpaired) electrons. The molecule has 2 N–H and O–H groups in total. The molecule has 1 amide bonds. The lowest BCUT2D eigenvalue weighted by atomic mass is 9.69. The maximum absolute atomic E-state index is 12.8. The van der Waals surface area contributed by atoms with Crippen molar-refractivity contribution in [2.75, 3.05) is 0 Å². The molecule has 0 saturated heterocycles. The van der Waals surface area contributed by atoms with Gasteiger partial charge in [0.15, 0.2) is 5.78 Å². The topological polar surface area (TPSA) is 79.0 Å². The molecule has 3 rings (SSSR count). The molecule has 1 fully saturated rings. The van der Waals surface area contributed by atoms with Crippen molar-refractivity contribution in [3.63, 3.8) is 0 Å². The summed E-state index contributed by atoms with van der Waals surface area (Å²) >= 11 is 0. The molecule has 2 aliphatic rings. The first-order valence-electron chi connectivity index (χ1n) is 9.37. The van der Waals surface area contributed by atoms with Crippen molar-refractivity contribution < 1.29 is 9.59 Å². The highest BCUT2D eigenvalue weighted by Crippen LogP contribution is 2.38. The smallest absolute Gasteiger partial charge is 0.261 e. The molecule has 1 heterocycles. The second-order valence-electron chi connectivity index (χ2n) is 8.52. The number of amides is 1. The zero-order chi connectivity index (χ0) is 18.2. The molecular formula is C20H28N2O3. The summed E-state index contributed by atoms with van der Waals surface area (Å²) in [6.07, 6.45) is 6.23. The van der Waals surface area contributed by atoms with Crippen molar-refractivity contribution in [1.29, 1.82) is 0 Å². The van der Waals surface area contributed by atoms with Crippen LogP contribution in [-0.2, 0) is 6.42 Å². The SMILES string of the molecule is CC(C)(C)[C@@H]1CCCC[C@@H]1NC(=O)c1cc2c([nH]c1=O)CCCC2=O. The third-order valence-corrected chi connectivity index (χ3v) is 5.69. The van der Waals surface area contributed by atoms with Gasteiger partial charge < -0.3 is 10.3 Å². The second-order valence-corrected chi connectivity index (χ2v) is 8.52. The van der Waals surface area contributed by atoms with E-state index in [1.54, 1.807) is 0 Å². The summed E-state index contributed by atoms with van der Waals surface area (Å²) in [4.78, 5) is 39.9. The molecule has 0 aliphatic heterocycles. The first-order valence-corrected chi connectivity index (χ1v) is 9.37. The molecule has 2 atom stereocenters. The Morgan fingerprint density at radius 2 is 1.84 bits per heavy atom. The van der Waals surface area contributed by atoms with E-state index in [-0.39, 0.29) is 28.7 Å². The van der Waals surface area contributed by atoms with E-state index in [0.29, 0.717) is 30.0 Å². The van der Waals surface area contributed by atoms with Crippen LogP contribution in [0.15, 0.2) is 10.9 Å². The minimum Gasteiger partial charge on any atom is -0.349 e. The summed E-state index contributed by atoms with van der Waals surface area (Å²) in [5.74, 6) is 0.0453. The fraction of sp³-hybridized carbons (Fsp3) is 0.650. The number of aromatic nitrogens is 1. The van der Waals surface area contributed by atoms with Crippen LogP contribution in [0.5, 0.6) is 0 Å². The van der Waals surface area contributed by atoms with Gasteiger partial charge in [0.25, 0.3) is 11.5 Å². The van der Waals surface area contributed by atoms with E-state index in [9.17, 15) is 14.4 Å². The van der Waals surface area contributed by atoms with Gasteiger partial charge in [0, 0.05) is 23.7 Å². The summed E-state index contributed by atoms with van der Waals surface area (Å²) in [7, 11) is 0. The molecular weight excluding hydrogens is 316 g/mol. The molecule has 5 heteroatoms. The van der Waals surface area contributed by atoms with Crippen molar-refractivity contribution >= 4 is 11.7 Å². The van der Waals surface area contributed by atoms with Gasteiger partial charge in [-0.3, -0.25) is 14.4 Å². The van der Waals surface area contributed by atoms with Crippen LogP contribution in [0.1, 0.15) is 85.7 Å². The summed E-state index contributed by atoms with van der Waals surface area (Å²) in [5, 5.41) is 3.08. The third-order valence-electron chi connectivity index (χ3n) is 5.69. The van der Waals surface area contributed by atoms with E-state index in [4.69, 9.17) is 0 Å². The summed E-state index contributed by atoms with van der Waals surface area (Å²) in [6.45, 7) is 6.60. The number of Topliss-reactive ketones (excluding diaryl/α,β-unsaturated/α-hetero) is 1. The fourth-order valence-corrected chi connectivity index (χ4v) is 4.33. The van der Waals surface area contributed by atoms with Crippen molar-refractivity contribution in [3.8, 4) is 0 Å². The minimum absolute atomic E-state index is 0.0109. The highest BCUT2D eigenvalue weighted by atomic mass is 16.2. The molecule has 5 nitrogen and oxygen atoms in total. The minimum atomic E-state index is -0.394. The van der Waals surface area contributed by atoms with Gasteiger partial charge in [-0.05, 0) is 43.1 Å². The number of carbonyl (C=O) groups excluding carboxylic acids is 2. The molecule has 1 saturated carbocycles. The molecule has 2 aliphatic carbocycles. The van der Waals surface area contributed by atoms with Crippen LogP contribution < -0.4 is 10.9 Å². The zero-order valence-corrected chi connectivity index (χ0v) is 15.4. The molecule has 1 aromatic heterocycles. The number of hydrogen-bond acceptors (Lipinski definition) is 3. The van der Waals surface area contributed by atoms with Crippen LogP contribution in [-0.4, -0.2) is 22.7 Å². The molecule has 25 heavy (non-hydrogen) atoms. The number of H-pyrrole nitrogens is 1. The number of aromatic amines is 1. The number of ketones is 1. The Labute approximate surface area is 148 Å². The lowest BCUT2D eigenvalue weighted by Gasteiger charge is -2.40. The molecule has 0 bridgehead atoms. The number of rotatable bonds is 2. The van der Waals surface area contributed by atoms with Gasteiger partial charge in [-0.25, -0.2) is 0 Å². The Balaban J connectivity index is 1.85. The predicted octanol–water partition coefficient (Wildman–Crippen LogP) is 3.23. The normalized spacial score (nSPS) is 23.9. The van der Waals surface area contributed by atoms with Crippen molar-refractivity contribution in [2.45, 2.75) is 71.8 Å². The highest BCUT2D eigenvalue weighted by Gasteiger charge is 2.35. The van der Waals surface area contributed by atoms with E-state index >= 15 is 0 Å². The molecule has 1 aromatic rings. The van der Waals surface area contributed by atoms with Crippen LogP contribution in [0.4, 0.5) is 0 Å². The standard InChI is InChI=1S/C20H28N2O3/c1-20(2,3)14-7-4-5-8-16(14)22-19(25)13-11-12-15(21-18(13)24)9-6-10-17(12)23/h11,14,16H,4-10H2,1-3H3,(H,21,24)(H,22,25)/t14-,16+/m1/s1. The van der Waals surface area contributed by atoms with Gasteiger partial charge in [0.2, 0.25) is 0 Å². The monoisotopic (exact) mass is 344 g/mol. The van der Waals surface area contributed by atoms with Gasteiger partial charge >= 0.3 is 0 Å². The van der Waals surface area contributed by atoms with Crippen LogP contribution in [0.2, 0.25) is 0 Å². The number of aryl methyl sites for hydroxylation is 1. The molecule has 0 aromatic carbocycles. The Morgan fingerprint density at radius 3 is 2.56 bits per heavy atom. The Morgan fingerprint density at radius 1 is 1.12 bits per heavy atom. The van der Waals surface area contributed by atoms with Crippen molar-refractivity contribution in [1.82, 2.24) is 10.3 Å². The summed E-state index contributed by atoms with van der Waals surface area (Å²) < 4.78 is 0. The Bertz CT molecular complexity index is 742. The van der Waals surface area contributed by atoms with E-state index in [2.05, 4.69) is 31.1 Å². The Kier molecular flexibility index (Phi) is 4.85. The van der Waals surface area contributed by atoms with Crippen molar-refractivity contribution in [2.24, 2.45) is 11.3 Å².